The van der Waals surface area contributed by atoms with Gasteiger partial charge in [0, 0.05) is 4.88 Å². The van der Waals surface area contributed by atoms with Crippen LogP contribution in [0.15, 0.2) is 43.5 Å². The second-order valence-electron chi connectivity index (χ2n) is 6.95. The number of hydrogen-bond donors (Lipinski definition) is 2. The molecule has 2 aromatic heterocycles. The Morgan fingerprint density at radius 1 is 1.36 bits per heavy atom. The summed E-state index contributed by atoms with van der Waals surface area (Å²) in [6.07, 6.45) is 4.68. The lowest BCUT2D eigenvalue weighted by Crippen LogP contribution is -2.22. The number of halogens is 2. The Labute approximate surface area is 169 Å². The first-order valence-electron chi connectivity index (χ1n) is 9.54. The zero-order valence-corrected chi connectivity index (χ0v) is 17.3. The molecule has 2 atom stereocenters. The second-order valence-corrected chi connectivity index (χ2v) is 8.07. The Bertz CT molecular complexity index is 784. The molecule has 0 aliphatic rings. The van der Waals surface area contributed by atoms with Crippen LogP contribution in [-0.2, 0) is 12.5 Å². The van der Waals surface area contributed by atoms with Crippen LogP contribution in [0.2, 0.25) is 0 Å². The van der Waals surface area contributed by atoms with E-state index < -0.39 is 12.2 Å². The zero-order valence-electron chi connectivity index (χ0n) is 16.5. The summed E-state index contributed by atoms with van der Waals surface area (Å²) < 4.78 is 29.5. The van der Waals surface area contributed by atoms with Crippen molar-refractivity contribution in [2.24, 2.45) is 5.92 Å². The van der Waals surface area contributed by atoms with Gasteiger partial charge in [0.25, 0.3) is 0 Å². The average molecular weight is 410 g/mol. The van der Waals surface area contributed by atoms with E-state index in [1.807, 2.05) is 0 Å². The molecule has 0 aromatic carbocycles. The van der Waals surface area contributed by atoms with E-state index in [0.29, 0.717) is 17.7 Å². The van der Waals surface area contributed by atoms with Gasteiger partial charge in [-0.05, 0) is 43.2 Å². The molecular formula is C21H29F2N3OS. The fourth-order valence-electron chi connectivity index (χ4n) is 3.01. The van der Waals surface area contributed by atoms with Gasteiger partial charge >= 0.3 is 5.92 Å². The Morgan fingerprint density at radius 3 is 2.75 bits per heavy atom. The number of nitrogens with zero attached hydrogens (tertiary/aromatic N) is 2. The normalized spacial score (nSPS) is 14.0. The van der Waals surface area contributed by atoms with Crippen molar-refractivity contribution in [1.82, 2.24) is 15.1 Å². The molecule has 0 amide bonds. The quantitative estimate of drug-likeness (QED) is 0.360. The molecule has 2 heterocycles. The Morgan fingerprint density at radius 2 is 2.11 bits per heavy atom. The second kappa shape index (κ2) is 10.1. The van der Waals surface area contributed by atoms with Crippen molar-refractivity contribution in [3.63, 3.8) is 0 Å². The molecule has 2 N–H and O–H groups in total. The van der Waals surface area contributed by atoms with Crippen LogP contribution in [0.3, 0.4) is 0 Å². The summed E-state index contributed by atoms with van der Waals surface area (Å²) in [4.78, 5) is 1.45. The van der Waals surface area contributed by atoms with E-state index in [2.05, 4.69) is 37.4 Å². The predicted molar refractivity (Wildman–Crippen MR) is 111 cm³/mol. The van der Waals surface area contributed by atoms with E-state index in [9.17, 15) is 13.9 Å². The van der Waals surface area contributed by atoms with Crippen LogP contribution >= 0.6 is 11.3 Å². The summed E-state index contributed by atoms with van der Waals surface area (Å²) >= 11 is 1.34. The fraction of sp³-hybridized carbons (Fsp3) is 0.476. The van der Waals surface area contributed by atoms with Crippen molar-refractivity contribution in [1.29, 1.82) is 0 Å². The molecular weight excluding hydrogens is 380 g/mol. The lowest BCUT2D eigenvalue weighted by Gasteiger charge is -2.14. The first-order chi connectivity index (χ1) is 13.3. The minimum Gasteiger partial charge on any atom is -0.373 e. The van der Waals surface area contributed by atoms with Gasteiger partial charge in [0.15, 0.2) is 0 Å². The van der Waals surface area contributed by atoms with Crippen molar-refractivity contribution >= 4 is 11.3 Å². The SMILES string of the molecule is C=CCn1nc(-c2ccc(C(O)NCCC(C)CCC)s2)cc1C(F)(F)C=C. The molecule has 0 spiro atoms. The smallest absolute Gasteiger partial charge is 0.307 e. The number of thiophene rings is 1. The molecule has 2 unspecified atom stereocenters. The number of aliphatic hydroxyl groups is 1. The highest BCUT2D eigenvalue weighted by atomic mass is 32.1. The molecule has 0 bridgehead atoms. The molecule has 0 aliphatic heterocycles. The van der Waals surface area contributed by atoms with E-state index >= 15 is 0 Å². The largest absolute Gasteiger partial charge is 0.373 e. The molecule has 4 nitrogen and oxygen atoms in total. The first kappa shape index (κ1) is 22.5. The summed E-state index contributed by atoms with van der Waals surface area (Å²) in [6, 6.07) is 4.96. The molecule has 28 heavy (non-hydrogen) atoms. The van der Waals surface area contributed by atoms with Crippen LogP contribution in [0.5, 0.6) is 0 Å². The maximum atomic E-state index is 14.1. The Kier molecular flexibility index (Phi) is 8.10. The standard InChI is InChI=1S/C21H29F2N3OS/c1-5-8-15(4)11-12-24-20(27)18-10-9-17(28-18)16-14-19(21(22,23)7-3)26(25-16)13-6-2/h6-7,9-10,14-15,20,24,27H,2-3,5,8,11-13H2,1,4H3. The van der Waals surface area contributed by atoms with Gasteiger partial charge in [-0.2, -0.15) is 13.9 Å². The molecule has 0 aliphatic carbocycles. The molecule has 154 valence electrons. The number of aromatic nitrogens is 2. The third-order valence-corrected chi connectivity index (χ3v) is 5.75. The van der Waals surface area contributed by atoms with E-state index in [1.54, 1.807) is 12.1 Å². The van der Waals surface area contributed by atoms with E-state index in [4.69, 9.17) is 0 Å². The first-order valence-corrected chi connectivity index (χ1v) is 10.4. The lowest BCUT2D eigenvalue weighted by molar-refractivity contribution is 0.0427. The Balaban J connectivity index is 2.11. The number of aliphatic hydroxyl groups excluding tert-OH is 1. The van der Waals surface area contributed by atoms with Gasteiger partial charge in [0.05, 0.1) is 11.4 Å². The highest BCUT2D eigenvalue weighted by Crippen LogP contribution is 2.35. The van der Waals surface area contributed by atoms with Gasteiger partial charge in [-0.1, -0.05) is 39.3 Å². The maximum absolute atomic E-state index is 14.1. The van der Waals surface area contributed by atoms with Crippen LogP contribution in [0, 0.1) is 5.92 Å². The summed E-state index contributed by atoms with van der Waals surface area (Å²) in [7, 11) is 0. The topological polar surface area (TPSA) is 50.1 Å². The van der Waals surface area contributed by atoms with Gasteiger partial charge in [0.1, 0.15) is 17.6 Å². The third kappa shape index (κ3) is 5.59. The average Bonchev–Trinajstić information content (AvgIpc) is 3.29. The lowest BCUT2D eigenvalue weighted by atomic mass is 10.0. The minimum atomic E-state index is -3.18. The summed E-state index contributed by atoms with van der Waals surface area (Å²) in [6.45, 7) is 12.1. The van der Waals surface area contributed by atoms with E-state index in [1.165, 1.54) is 34.6 Å². The molecule has 2 aromatic rings. The molecule has 0 saturated carbocycles. The van der Waals surface area contributed by atoms with Crippen molar-refractivity contribution < 1.29 is 13.9 Å². The predicted octanol–water partition coefficient (Wildman–Crippen LogP) is 5.48. The van der Waals surface area contributed by atoms with Gasteiger partial charge in [-0.3, -0.25) is 10.00 Å². The van der Waals surface area contributed by atoms with Gasteiger partial charge in [0.2, 0.25) is 0 Å². The van der Waals surface area contributed by atoms with Crippen molar-refractivity contribution in [3.8, 4) is 10.6 Å². The molecule has 2 rings (SSSR count). The molecule has 0 saturated heterocycles. The van der Waals surface area contributed by atoms with E-state index in [-0.39, 0.29) is 12.2 Å². The highest BCUT2D eigenvalue weighted by Gasteiger charge is 2.32. The number of alkyl halides is 2. The molecule has 7 heteroatoms. The molecule has 0 fully saturated rings. The van der Waals surface area contributed by atoms with Crippen LogP contribution in [-0.4, -0.2) is 21.4 Å². The van der Waals surface area contributed by atoms with Crippen LogP contribution in [0.4, 0.5) is 8.78 Å². The highest BCUT2D eigenvalue weighted by molar-refractivity contribution is 7.15. The van der Waals surface area contributed by atoms with Gasteiger partial charge in [-0.15, -0.1) is 17.9 Å². The summed E-state index contributed by atoms with van der Waals surface area (Å²) in [5.41, 5.74) is 0.217. The number of allylic oxidation sites excluding steroid dienone is 2. The fourth-order valence-corrected chi connectivity index (χ4v) is 3.94. The van der Waals surface area contributed by atoms with Gasteiger partial charge in [-0.25, -0.2) is 0 Å². The van der Waals surface area contributed by atoms with Crippen molar-refractivity contribution in [3.05, 3.63) is 54.1 Å². The number of rotatable bonds is 12. The third-order valence-electron chi connectivity index (χ3n) is 4.58. The summed E-state index contributed by atoms with van der Waals surface area (Å²) in [5.74, 6) is -2.56. The number of nitrogens with one attached hydrogen (secondary N) is 1. The molecule has 0 radical (unpaired) electrons. The van der Waals surface area contributed by atoms with Crippen LogP contribution < -0.4 is 5.32 Å². The summed E-state index contributed by atoms with van der Waals surface area (Å²) in [5, 5.41) is 17.8. The number of hydrogen-bond acceptors (Lipinski definition) is 4. The minimum absolute atomic E-state index is 0.178. The maximum Gasteiger partial charge on any atom is 0.307 e. The van der Waals surface area contributed by atoms with Crippen molar-refractivity contribution in [2.75, 3.05) is 6.54 Å². The van der Waals surface area contributed by atoms with E-state index in [0.717, 1.165) is 29.1 Å². The van der Waals surface area contributed by atoms with Crippen LogP contribution in [0.25, 0.3) is 10.6 Å². The monoisotopic (exact) mass is 409 g/mol. The van der Waals surface area contributed by atoms with Crippen molar-refractivity contribution in [2.45, 2.75) is 51.8 Å². The van der Waals surface area contributed by atoms with Crippen LogP contribution in [0.1, 0.15) is 49.9 Å². The Hall–Kier alpha value is -1.83. The zero-order chi connectivity index (χ0) is 20.7. The van der Waals surface area contributed by atoms with Gasteiger partial charge < -0.3 is 5.11 Å².